The molecule has 0 atom stereocenters. The summed E-state index contributed by atoms with van der Waals surface area (Å²) in [7, 11) is 3.18. The van der Waals surface area contributed by atoms with Gasteiger partial charge in [-0.25, -0.2) is 4.98 Å². The average Bonchev–Trinajstić information content (AvgIpc) is 3.24. The monoisotopic (exact) mass is 413 g/mol. The minimum absolute atomic E-state index is 0.133. The van der Waals surface area contributed by atoms with E-state index in [-0.39, 0.29) is 5.91 Å². The van der Waals surface area contributed by atoms with Gasteiger partial charge in [-0.2, -0.15) is 0 Å². The smallest absolute Gasteiger partial charge is 0.251 e. The van der Waals surface area contributed by atoms with Gasteiger partial charge in [-0.1, -0.05) is 30.3 Å². The number of hydrogen-bond acceptors (Lipinski definition) is 4. The molecule has 0 aliphatic carbocycles. The lowest BCUT2D eigenvalue weighted by Crippen LogP contribution is -2.29. The number of rotatable bonds is 7. The maximum absolute atomic E-state index is 13.2. The van der Waals surface area contributed by atoms with Crippen molar-refractivity contribution in [2.45, 2.75) is 6.54 Å². The second kappa shape index (κ2) is 9.17. The van der Waals surface area contributed by atoms with Crippen LogP contribution in [0, 0.1) is 0 Å². The molecule has 0 radical (unpaired) electrons. The molecule has 0 unspecified atom stereocenters. The fourth-order valence-corrected chi connectivity index (χ4v) is 3.38. The summed E-state index contributed by atoms with van der Waals surface area (Å²) in [5.41, 5.74) is 3.43. The van der Waals surface area contributed by atoms with Crippen molar-refractivity contribution in [3.8, 4) is 11.5 Å². The first-order valence-corrected chi connectivity index (χ1v) is 9.87. The number of amides is 1. The lowest BCUT2D eigenvalue weighted by Gasteiger charge is -2.21. The Balaban J connectivity index is 1.62. The van der Waals surface area contributed by atoms with E-state index in [1.165, 1.54) is 0 Å². The normalized spacial score (nSPS) is 11.0. The molecule has 0 spiro atoms. The number of carbonyl (C=O) groups is 1. The van der Waals surface area contributed by atoms with Crippen LogP contribution in [0.15, 0.2) is 85.2 Å². The molecule has 31 heavy (non-hydrogen) atoms. The van der Waals surface area contributed by atoms with Crippen molar-refractivity contribution < 1.29 is 14.3 Å². The number of aromatic nitrogens is 2. The van der Waals surface area contributed by atoms with Crippen LogP contribution < -0.4 is 14.4 Å². The summed E-state index contributed by atoms with van der Waals surface area (Å²) in [5, 5.41) is 0. The van der Waals surface area contributed by atoms with E-state index in [0.717, 1.165) is 22.6 Å². The molecule has 2 heterocycles. The van der Waals surface area contributed by atoms with Crippen LogP contribution in [0.1, 0.15) is 11.3 Å². The number of pyridine rings is 1. The summed E-state index contributed by atoms with van der Waals surface area (Å²) in [6.45, 7) is 0.393. The Kier molecular flexibility index (Phi) is 5.98. The van der Waals surface area contributed by atoms with E-state index in [9.17, 15) is 4.79 Å². The summed E-state index contributed by atoms with van der Waals surface area (Å²) in [6.07, 6.45) is 7.09. The van der Waals surface area contributed by atoms with E-state index in [4.69, 9.17) is 9.47 Å². The van der Waals surface area contributed by atoms with Gasteiger partial charge in [0.05, 0.1) is 32.7 Å². The number of hydrogen-bond donors (Lipinski definition) is 0. The molecule has 0 aliphatic rings. The van der Waals surface area contributed by atoms with Crippen molar-refractivity contribution in [2.24, 2.45) is 0 Å². The molecule has 0 fully saturated rings. The Bertz CT molecular complexity index is 1220. The fraction of sp³-hybridized carbons (Fsp3) is 0.120. The molecule has 0 aliphatic heterocycles. The fourth-order valence-electron chi connectivity index (χ4n) is 3.38. The zero-order chi connectivity index (χ0) is 21.6. The molecule has 0 N–H and O–H groups in total. The van der Waals surface area contributed by atoms with Gasteiger partial charge in [0.25, 0.3) is 5.91 Å². The number of para-hydroxylation sites is 1. The number of nitrogens with zero attached hydrogens (tertiary/aromatic N) is 3. The van der Waals surface area contributed by atoms with Crippen molar-refractivity contribution in [2.75, 3.05) is 19.1 Å². The van der Waals surface area contributed by atoms with E-state index in [1.807, 2.05) is 77.3 Å². The average molecular weight is 413 g/mol. The number of imidazole rings is 1. The lowest BCUT2D eigenvalue weighted by molar-refractivity contribution is -0.114. The molecule has 2 aromatic heterocycles. The highest BCUT2D eigenvalue weighted by Crippen LogP contribution is 2.28. The van der Waals surface area contributed by atoms with Gasteiger partial charge in [0.15, 0.2) is 11.5 Å². The molecule has 156 valence electrons. The predicted molar refractivity (Wildman–Crippen MR) is 121 cm³/mol. The van der Waals surface area contributed by atoms with E-state index in [1.54, 1.807) is 37.5 Å². The zero-order valence-electron chi connectivity index (χ0n) is 17.4. The number of carbonyl (C=O) groups excluding carboxylic acids is 1. The molecule has 6 nitrogen and oxygen atoms in total. The first-order chi connectivity index (χ1) is 15.2. The molecule has 0 bridgehead atoms. The molecule has 4 rings (SSSR count). The minimum atomic E-state index is -0.133. The predicted octanol–water partition coefficient (Wildman–Crippen LogP) is 4.60. The molecular formula is C25H23N3O3. The molecule has 1 amide bonds. The summed E-state index contributed by atoms with van der Waals surface area (Å²) in [5.74, 6) is 1.12. The Labute approximate surface area is 181 Å². The Hall–Kier alpha value is -4.06. The maximum atomic E-state index is 13.2. The highest BCUT2D eigenvalue weighted by Gasteiger charge is 2.16. The van der Waals surface area contributed by atoms with Crippen LogP contribution in [0.2, 0.25) is 0 Å². The van der Waals surface area contributed by atoms with Crippen LogP contribution in [0.3, 0.4) is 0 Å². The van der Waals surface area contributed by atoms with Crippen molar-refractivity contribution in [3.05, 3.63) is 96.5 Å². The second-order valence-electron chi connectivity index (χ2n) is 6.89. The number of fused-ring (bicyclic) bond motifs is 1. The summed E-state index contributed by atoms with van der Waals surface area (Å²) in [4.78, 5) is 19.4. The Morgan fingerprint density at radius 3 is 2.55 bits per heavy atom. The quantitative estimate of drug-likeness (QED) is 0.416. The van der Waals surface area contributed by atoms with Gasteiger partial charge in [-0.05, 0) is 48.0 Å². The summed E-state index contributed by atoms with van der Waals surface area (Å²) < 4.78 is 12.6. The molecule has 0 saturated heterocycles. The molecule has 4 aromatic rings. The van der Waals surface area contributed by atoms with Crippen LogP contribution in [-0.2, 0) is 11.3 Å². The van der Waals surface area contributed by atoms with Gasteiger partial charge >= 0.3 is 0 Å². The number of ether oxygens (including phenoxy) is 2. The van der Waals surface area contributed by atoms with Crippen molar-refractivity contribution in [1.29, 1.82) is 0 Å². The van der Waals surface area contributed by atoms with Crippen molar-refractivity contribution in [3.63, 3.8) is 0 Å². The molecular weight excluding hydrogens is 390 g/mol. The Morgan fingerprint density at radius 1 is 1.00 bits per heavy atom. The van der Waals surface area contributed by atoms with Gasteiger partial charge in [-0.3, -0.25) is 4.79 Å². The topological polar surface area (TPSA) is 56.1 Å². The van der Waals surface area contributed by atoms with E-state index in [2.05, 4.69) is 4.98 Å². The summed E-state index contributed by atoms with van der Waals surface area (Å²) in [6, 6.07) is 21.0. The minimum Gasteiger partial charge on any atom is -0.493 e. The van der Waals surface area contributed by atoms with Crippen molar-refractivity contribution in [1.82, 2.24) is 9.38 Å². The van der Waals surface area contributed by atoms with E-state index < -0.39 is 0 Å². The van der Waals surface area contributed by atoms with Crippen LogP contribution in [-0.4, -0.2) is 29.5 Å². The van der Waals surface area contributed by atoms with Gasteiger partial charge in [0, 0.05) is 18.0 Å². The van der Waals surface area contributed by atoms with Crippen molar-refractivity contribution >= 4 is 23.3 Å². The standard InChI is InChI=1S/C25H23N3O3/c1-30-22-13-11-19(16-23(22)31-2)12-14-25(29)28(20-8-4-3-5-9-20)18-21-17-26-24-10-6-7-15-27(21)24/h3-17H,18H2,1-2H3/b14-12+. The SMILES string of the molecule is COc1ccc(/C=C/C(=O)N(Cc2cnc3ccccn23)c2ccccc2)cc1OC. The summed E-state index contributed by atoms with van der Waals surface area (Å²) >= 11 is 0. The van der Waals surface area contributed by atoms with E-state index >= 15 is 0 Å². The molecule has 6 heteroatoms. The van der Waals surface area contributed by atoms with Gasteiger partial charge < -0.3 is 18.8 Å². The van der Waals surface area contributed by atoms with Crippen LogP contribution in [0.25, 0.3) is 11.7 Å². The number of anilines is 1. The third-order valence-corrected chi connectivity index (χ3v) is 4.97. The first-order valence-electron chi connectivity index (χ1n) is 9.87. The second-order valence-corrected chi connectivity index (χ2v) is 6.89. The molecule has 2 aromatic carbocycles. The first kappa shape index (κ1) is 20.2. The third kappa shape index (κ3) is 4.43. The lowest BCUT2D eigenvalue weighted by atomic mass is 10.1. The maximum Gasteiger partial charge on any atom is 0.251 e. The molecule has 0 saturated carbocycles. The van der Waals surface area contributed by atoms with Gasteiger partial charge in [0.1, 0.15) is 5.65 Å². The van der Waals surface area contributed by atoms with Gasteiger partial charge in [0.2, 0.25) is 0 Å². The number of benzene rings is 2. The third-order valence-electron chi connectivity index (χ3n) is 4.97. The van der Waals surface area contributed by atoms with Gasteiger partial charge in [-0.15, -0.1) is 0 Å². The highest BCUT2D eigenvalue weighted by atomic mass is 16.5. The Morgan fingerprint density at radius 2 is 1.77 bits per heavy atom. The number of methoxy groups -OCH3 is 2. The highest BCUT2D eigenvalue weighted by molar-refractivity contribution is 6.03. The van der Waals surface area contributed by atoms with E-state index in [0.29, 0.717) is 18.0 Å². The van der Waals surface area contributed by atoms with Crippen LogP contribution in [0.5, 0.6) is 11.5 Å². The van der Waals surface area contributed by atoms with Crippen LogP contribution >= 0.6 is 0 Å². The van der Waals surface area contributed by atoms with Crippen LogP contribution in [0.4, 0.5) is 5.69 Å². The zero-order valence-corrected chi connectivity index (χ0v) is 17.4. The largest absolute Gasteiger partial charge is 0.493 e.